The Kier molecular flexibility index (Phi) is 51.9. The fourth-order valence-corrected chi connectivity index (χ4v) is 7.45. The maximum atomic E-state index is 12.8. The van der Waals surface area contributed by atoms with Crippen LogP contribution in [0.5, 0.6) is 0 Å². The molecule has 0 aromatic rings. The third kappa shape index (κ3) is 51.7. The maximum absolute atomic E-state index is 12.8. The first-order valence-electron chi connectivity index (χ1n) is 27.1. The van der Waals surface area contributed by atoms with E-state index in [1.165, 1.54) is 135 Å². The molecule has 0 amide bonds. The Morgan fingerprint density at radius 1 is 0.375 bits per heavy atom. The second-order valence-electron chi connectivity index (χ2n) is 17.8. The van der Waals surface area contributed by atoms with Gasteiger partial charge in [-0.1, -0.05) is 254 Å². The molecule has 1 unspecified atom stereocenters. The number of allylic oxidation sites excluding steroid dienone is 13. The van der Waals surface area contributed by atoms with Gasteiger partial charge >= 0.3 is 11.9 Å². The number of ether oxygens (including phenoxy) is 3. The highest BCUT2D eigenvalue weighted by atomic mass is 16.6. The largest absolute Gasteiger partial charge is 0.461 e. The van der Waals surface area contributed by atoms with E-state index >= 15 is 0 Å². The lowest BCUT2D eigenvalue weighted by Crippen LogP contribution is -2.30. The van der Waals surface area contributed by atoms with E-state index in [1.807, 2.05) is 12.2 Å². The zero-order valence-corrected chi connectivity index (χ0v) is 42.3. The van der Waals surface area contributed by atoms with Gasteiger partial charge in [-0.2, -0.15) is 0 Å². The summed E-state index contributed by atoms with van der Waals surface area (Å²) in [7, 11) is 0. The van der Waals surface area contributed by atoms with Gasteiger partial charge in [-0.25, -0.2) is 0 Å². The van der Waals surface area contributed by atoms with Crippen molar-refractivity contribution in [3.05, 3.63) is 85.1 Å². The van der Waals surface area contributed by atoms with Crippen LogP contribution in [-0.4, -0.2) is 37.9 Å². The van der Waals surface area contributed by atoms with Crippen LogP contribution in [0, 0.1) is 0 Å². The van der Waals surface area contributed by atoms with Crippen LogP contribution in [-0.2, 0) is 23.8 Å². The first-order chi connectivity index (χ1) is 31.6. The van der Waals surface area contributed by atoms with E-state index in [-0.39, 0.29) is 31.6 Å². The molecule has 5 heteroatoms. The fraction of sp³-hybridized carbons (Fsp3) is 0.729. The molecule has 0 heterocycles. The Morgan fingerprint density at radius 2 is 0.781 bits per heavy atom. The molecule has 1 atom stereocenters. The highest BCUT2D eigenvalue weighted by Crippen LogP contribution is 2.15. The second-order valence-corrected chi connectivity index (χ2v) is 17.8. The summed E-state index contributed by atoms with van der Waals surface area (Å²) in [5, 5.41) is 0. The maximum Gasteiger partial charge on any atom is 0.309 e. The van der Waals surface area contributed by atoms with Crippen molar-refractivity contribution in [1.29, 1.82) is 0 Å². The van der Waals surface area contributed by atoms with E-state index in [4.69, 9.17) is 14.2 Å². The van der Waals surface area contributed by atoms with E-state index in [9.17, 15) is 9.59 Å². The molecular weight excluding hydrogens is 789 g/mol. The molecule has 0 aromatic heterocycles. The fourth-order valence-electron chi connectivity index (χ4n) is 7.45. The molecule has 368 valence electrons. The highest BCUT2D eigenvalue weighted by Gasteiger charge is 2.17. The number of hydrogen-bond acceptors (Lipinski definition) is 5. The lowest BCUT2D eigenvalue weighted by molar-refractivity contribution is -0.162. The minimum Gasteiger partial charge on any atom is -0.461 e. The molecule has 64 heavy (non-hydrogen) atoms. The summed E-state index contributed by atoms with van der Waals surface area (Å²) in [6.07, 6.45) is 72.0. The van der Waals surface area contributed by atoms with Gasteiger partial charge in [0.25, 0.3) is 0 Å². The molecule has 0 saturated heterocycles. The molecule has 5 nitrogen and oxygen atoms in total. The number of carbonyl (C=O) groups is 2. The van der Waals surface area contributed by atoms with Crippen molar-refractivity contribution in [1.82, 2.24) is 0 Å². The van der Waals surface area contributed by atoms with E-state index < -0.39 is 6.10 Å². The van der Waals surface area contributed by atoms with Gasteiger partial charge in [0.05, 0.1) is 13.0 Å². The number of rotatable bonds is 49. The summed E-state index contributed by atoms with van der Waals surface area (Å²) in [6.45, 7) is 7.55. The van der Waals surface area contributed by atoms with Gasteiger partial charge < -0.3 is 14.2 Å². The van der Waals surface area contributed by atoms with Crippen molar-refractivity contribution in [2.75, 3.05) is 19.8 Å². The molecule has 0 radical (unpaired) electrons. The first-order valence-corrected chi connectivity index (χ1v) is 27.1. The van der Waals surface area contributed by atoms with E-state index in [0.29, 0.717) is 13.0 Å². The number of hydrogen-bond donors (Lipinski definition) is 0. The van der Waals surface area contributed by atoms with Crippen LogP contribution in [0.3, 0.4) is 0 Å². The molecule has 0 fully saturated rings. The zero-order chi connectivity index (χ0) is 46.3. The Bertz CT molecular complexity index is 1190. The van der Waals surface area contributed by atoms with Crippen molar-refractivity contribution >= 4 is 11.9 Å². The van der Waals surface area contributed by atoms with Crippen LogP contribution >= 0.6 is 0 Å². The third-order valence-corrected chi connectivity index (χ3v) is 11.4. The van der Waals surface area contributed by atoms with Crippen LogP contribution in [0.15, 0.2) is 85.1 Å². The summed E-state index contributed by atoms with van der Waals surface area (Å²) in [5.74, 6) is -0.556. The lowest BCUT2D eigenvalue weighted by atomic mass is 10.0. The van der Waals surface area contributed by atoms with Gasteiger partial charge in [0.1, 0.15) is 6.61 Å². The molecule has 0 aliphatic rings. The van der Waals surface area contributed by atoms with Gasteiger partial charge in [-0.05, 0) is 70.6 Å². The van der Waals surface area contributed by atoms with Gasteiger partial charge in [0.15, 0.2) is 6.10 Å². The smallest absolute Gasteiger partial charge is 0.309 e. The van der Waals surface area contributed by atoms with E-state index in [2.05, 4.69) is 93.7 Å². The first kappa shape index (κ1) is 61.1. The van der Waals surface area contributed by atoms with Crippen molar-refractivity contribution in [3.8, 4) is 0 Å². The SMILES string of the molecule is CC/C=C\C/C=C\C/C=C\C/C=C\C/C=C\CC(=O)OCC(COCCCCCCCCCCCCCCCCCCCCCC)OC(=O)CCCCCCC/C=C\C/C=C\CCC. The quantitative estimate of drug-likeness (QED) is 0.0346. The van der Waals surface area contributed by atoms with Gasteiger partial charge in [0.2, 0.25) is 0 Å². The van der Waals surface area contributed by atoms with Crippen LogP contribution in [0.4, 0.5) is 0 Å². The highest BCUT2D eigenvalue weighted by molar-refractivity contribution is 5.71. The standard InChI is InChI=1S/C59H102O5/c1-4-7-10-13-16-19-22-25-27-28-29-30-31-33-36-39-42-45-48-51-54-62-55-57(64-59(61)53-50-47-44-41-38-34-24-21-18-15-12-9-6-3)56-63-58(60)52-49-46-43-40-37-35-32-26-23-20-17-14-11-8-5-2/h8,11-12,15,17,20-21,24,26,32,37,40,46,49,57H,4-7,9-10,13-14,16,18-19,22-23,25,27-31,33-36,38-39,41-45,47-48,50-56H2,1-3H3/b11-8-,15-12-,20-17-,24-21-,32-26-,40-37-,49-46-. The Labute approximate surface area is 397 Å². The van der Waals surface area contributed by atoms with E-state index in [1.54, 1.807) is 0 Å². The van der Waals surface area contributed by atoms with Crippen molar-refractivity contribution in [2.45, 2.75) is 258 Å². The third-order valence-electron chi connectivity index (χ3n) is 11.4. The summed E-state index contributed by atoms with van der Waals surface area (Å²) in [5.41, 5.74) is 0. The molecule has 0 N–H and O–H groups in total. The van der Waals surface area contributed by atoms with Gasteiger partial charge in [-0.15, -0.1) is 0 Å². The van der Waals surface area contributed by atoms with Crippen LogP contribution in [0.25, 0.3) is 0 Å². The molecule has 0 aliphatic carbocycles. The topological polar surface area (TPSA) is 61.8 Å². The Hall–Kier alpha value is -2.92. The average molecular weight is 891 g/mol. The summed E-state index contributed by atoms with van der Waals surface area (Å²) >= 11 is 0. The van der Waals surface area contributed by atoms with Crippen molar-refractivity contribution < 1.29 is 23.8 Å². The molecule has 0 aliphatic heterocycles. The predicted molar refractivity (Wildman–Crippen MR) is 279 cm³/mol. The van der Waals surface area contributed by atoms with Crippen LogP contribution < -0.4 is 0 Å². The van der Waals surface area contributed by atoms with Gasteiger partial charge in [-0.3, -0.25) is 9.59 Å². The molecule has 0 saturated carbocycles. The minimum atomic E-state index is -0.585. The molecule has 0 spiro atoms. The number of unbranched alkanes of at least 4 members (excludes halogenated alkanes) is 25. The monoisotopic (exact) mass is 891 g/mol. The lowest BCUT2D eigenvalue weighted by Gasteiger charge is -2.18. The van der Waals surface area contributed by atoms with E-state index in [0.717, 1.165) is 83.5 Å². The van der Waals surface area contributed by atoms with Crippen molar-refractivity contribution in [3.63, 3.8) is 0 Å². The van der Waals surface area contributed by atoms with Crippen LogP contribution in [0.2, 0.25) is 0 Å². The van der Waals surface area contributed by atoms with Crippen LogP contribution in [0.1, 0.15) is 252 Å². The summed E-state index contributed by atoms with van der Waals surface area (Å²) in [4.78, 5) is 25.3. The second kappa shape index (κ2) is 54.4. The molecular formula is C59H102O5. The number of esters is 2. The molecule has 0 aromatic carbocycles. The Morgan fingerprint density at radius 3 is 1.27 bits per heavy atom. The normalized spacial score (nSPS) is 12.9. The van der Waals surface area contributed by atoms with Crippen molar-refractivity contribution in [2.24, 2.45) is 0 Å². The summed E-state index contributed by atoms with van der Waals surface area (Å²) in [6, 6.07) is 0. The Balaban J connectivity index is 4.33. The minimum absolute atomic E-state index is 0.0243. The molecule has 0 rings (SSSR count). The van der Waals surface area contributed by atoms with Gasteiger partial charge in [0, 0.05) is 13.0 Å². The zero-order valence-electron chi connectivity index (χ0n) is 42.3. The average Bonchev–Trinajstić information content (AvgIpc) is 3.30. The summed E-state index contributed by atoms with van der Waals surface area (Å²) < 4.78 is 17.3. The predicted octanol–water partition coefficient (Wildman–Crippen LogP) is 18.5. The number of carbonyl (C=O) groups excluding carboxylic acids is 2. The molecule has 0 bridgehead atoms.